The van der Waals surface area contributed by atoms with Crippen LogP contribution >= 0.6 is 11.6 Å². The third-order valence-electron chi connectivity index (χ3n) is 4.06. The molecule has 102 valence electrons. The lowest BCUT2D eigenvalue weighted by molar-refractivity contribution is 0.0943. The number of hydrogen-bond donors (Lipinski definition) is 2. The Bertz CT molecular complexity index is 485. The van der Waals surface area contributed by atoms with Crippen molar-refractivity contribution in [2.45, 2.75) is 25.7 Å². The lowest BCUT2D eigenvalue weighted by Crippen LogP contribution is -2.31. The second-order valence-corrected chi connectivity index (χ2v) is 6.01. The number of rotatable bonds is 5. The number of hydrogen-bond acceptors (Lipinski definition) is 3. The van der Waals surface area contributed by atoms with Crippen LogP contribution in [0.15, 0.2) is 12.3 Å². The van der Waals surface area contributed by atoms with E-state index < -0.39 is 0 Å². The Morgan fingerprint density at radius 1 is 1.42 bits per heavy atom. The lowest BCUT2D eigenvalue weighted by Gasteiger charge is -2.16. The van der Waals surface area contributed by atoms with Gasteiger partial charge in [0.2, 0.25) is 0 Å². The van der Waals surface area contributed by atoms with Crippen molar-refractivity contribution in [2.24, 2.45) is 17.8 Å². The van der Waals surface area contributed by atoms with Crippen LogP contribution in [0.4, 0.5) is 5.69 Å². The van der Waals surface area contributed by atoms with Gasteiger partial charge in [0.05, 0.1) is 17.4 Å². The van der Waals surface area contributed by atoms with Crippen molar-refractivity contribution in [3.05, 3.63) is 23.0 Å². The van der Waals surface area contributed by atoms with E-state index >= 15 is 0 Å². The van der Waals surface area contributed by atoms with E-state index in [1.165, 1.54) is 31.9 Å². The largest absolute Gasteiger partial charge is 0.397 e. The van der Waals surface area contributed by atoms with Crippen LogP contribution in [0, 0.1) is 17.8 Å². The fraction of sp³-hybridized carbons (Fsp3) is 0.571. The SMILES string of the molecule is Nc1cnc(Cl)c(C(=O)NCC(C2CC2)C2CC2)c1. The molecule has 0 bridgehead atoms. The number of amides is 1. The summed E-state index contributed by atoms with van der Waals surface area (Å²) in [6.45, 7) is 0.749. The number of carbonyl (C=O) groups is 1. The van der Waals surface area contributed by atoms with Gasteiger partial charge in [-0.2, -0.15) is 0 Å². The van der Waals surface area contributed by atoms with Crippen molar-refractivity contribution in [2.75, 3.05) is 12.3 Å². The monoisotopic (exact) mass is 279 g/mol. The summed E-state index contributed by atoms with van der Waals surface area (Å²) in [5.41, 5.74) is 6.46. The molecule has 0 aromatic carbocycles. The number of anilines is 1. The van der Waals surface area contributed by atoms with Crippen molar-refractivity contribution in [1.29, 1.82) is 0 Å². The zero-order chi connectivity index (χ0) is 13.4. The summed E-state index contributed by atoms with van der Waals surface area (Å²) < 4.78 is 0. The van der Waals surface area contributed by atoms with Gasteiger partial charge in [-0.3, -0.25) is 4.79 Å². The molecule has 0 saturated heterocycles. The summed E-state index contributed by atoms with van der Waals surface area (Å²) in [6.07, 6.45) is 6.72. The Kier molecular flexibility index (Phi) is 3.35. The second kappa shape index (κ2) is 5.00. The van der Waals surface area contributed by atoms with Crippen LogP contribution in [0.3, 0.4) is 0 Å². The summed E-state index contributed by atoms with van der Waals surface area (Å²) >= 11 is 5.93. The van der Waals surface area contributed by atoms with Crippen LogP contribution in [0.1, 0.15) is 36.0 Å². The number of nitrogens with zero attached hydrogens (tertiary/aromatic N) is 1. The molecule has 5 heteroatoms. The van der Waals surface area contributed by atoms with Crippen LogP contribution in [0.25, 0.3) is 0 Å². The minimum Gasteiger partial charge on any atom is -0.397 e. The molecule has 19 heavy (non-hydrogen) atoms. The zero-order valence-electron chi connectivity index (χ0n) is 10.7. The topological polar surface area (TPSA) is 68.0 Å². The van der Waals surface area contributed by atoms with Gasteiger partial charge in [-0.15, -0.1) is 0 Å². The first-order valence-electron chi connectivity index (χ1n) is 6.84. The molecule has 0 aliphatic heterocycles. The maximum absolute atomic E-state index is 12.1. The molecule has 1 aromatic rings. The molecule has 2 fully saturated rings. The van der Waals surface area contributed by atoms with Gasteiger partial charge in [0.15, 0.2) is 0 Å². The molecule has 1 aromatic heterocycles. The minimum absolute atomic E-state index is 0.170. The lowest BCUT2D eigenvalue weighted by atomic mass is 9.98. The van der Waals surface area contributed by atoms with Gasteiger partial charge < -0.3 is 11.1 Å². The van der Waals surface area contributed by atoms with Gasteiger partial charge in [0, 0.05) is 6.54 Å². The molecule has 1 amide bonds. The van der Waals surface area contributed by atoms with Crippen molar-refractivity contribution in [1.82, 2.24) is 10.3 Å². The van der Waals surface area contributed by atoms with Crippen LogP contribution < -0.4 is 11.1 Å². The summed E-state index contributed by atoms with van der Waals surface area (Å²) in [6, 6.07) is 1.58. The zero-order valence-corrected chi connectivity index (χ0v) is 11.5. The number of pyridine rings is 1. The van der Waals surface area contributed by atoms with E-state index in [9.17, 15) is 4.79 Å². The van der Waals surface area contributed by atoms with Crippen LogP contribution in [0.5, 0.6) is 0 Å². The average Bonchev–Trinajstić information content (AvgIpc) is 3.25. The number of aromatic nitrogens is 1. The predicted molar refractivity (Wildman–Crippen MR) is 74.9 cm³/mol. The Balaban J connectivity index is 1.62. The molecular formula is C14H18ClN3O. The van der Waals surface area contributed by atoms with E-state index in [2.05, 4.69) is 10.3 Å². The van der Waals surface area contributed by atoms with E-state index in [1.54, 1.807) is 6.07 Å². The van der Waals surface area contributed by atoms with Crippen molar-refractivity contribution >= 4 is 23.2 Å². The van der Waals surface area contributed by atoms with E-state index in [4.69, 9.17) is 17.3 Å². The highest BCUT2D eigenvalue weighted by Crippen LogP contribution is 2.48. The molecule has 0 atom stereocenters. The molecule has 0 unspecified atom stereocenters. The van der Waals surface area contributed by atoms with Gasteiger partial charge >= 0.3 is 0 Å². The molecule has 3 rings (SSSR count). The van der Waals surface area contributed by atoms with Crippen LogP contribution in [0.2, 0.25) is 5.15 Å². The van der Waals surface area contributed by atoms with E-state index in [-0.39, 0.29) is 11.1 Å². The normalized spacial score (nSPS) is 18.6. The molecule has 2 aliphatic carbocycles. The predicted octanol–water partition coefficient (Wildman–Crippen LogP) is 2.48. The highest BCUT2D eigenvalue weighted by Gasteiger charge is 2.41. The smallest absolute Gasteiger partial charge is 0.254 e. The Morgan fingerprint density at radius 2 is 2.05 bits per heavy atom. The van der Waals surface area contributed by atoms with Crippen molar-refractivity contribution in [3.63, 3.8) is 0 Å². The maximum atomic E-state index is 12.1. The van der Waals surface area contributed by atoms with Gasteiger partial charge in [0.1, 0.15) is 5.15 Å². The van der Waals surface area contributed by atoms with E-state index in [0.29, 0.717) is 17.2 Å². The number of nitrogen functional groups attached to an aromatic ring is 1. The third kappa shape index (κ3) is 3.00. The van der Waals surface area contributed by atoms with E-state index in [1.807, 2.05) is 0 Å². The molecule has 2 aliphatic rings. The highest BCUT2D eigenvalue weighted by molar-refractivity contribution is 6.32. The molecule has 3 N–H and O–H groups in total. The maximum Gasteiger partial charge on any atom is 0.254 e. The van der Waals surface area contributed by atoms with Crippen LogP contribution in [-0.4, -0.2) is 17.4 Å². The summed E-state index contributed by atoms with van der Waals surface area (Å²) in [7, 11) is 0. The quantitative estimate of drug-likeness (QED) is 0.814. The Hall–Kier alpha value is -1.29. The number of carbonyl (C=O) groups excluding carboxylic acids is 1. The van der Waals surface area contributed by atoms with Gasteiger partial charge in [0.25, 0.3) is 5.91 Å². The minimum atomic E-state index is -0.170. The van der Waals surface area contributed by atoms with Crippen molar-refractivity contribution < 1.29 is 4.79 Å². The molecule has 4 nitrogen and oxygen atoms in total. The first-order valence-corrected chi connectivity index (χ1v) is 7.22. The molecular weight excluding hydrogens is 262 g/mol. The molecule has 0 spiro atoms. The Morgan fingerprint density at radius 3 is 2.63 bits per heavy atom. The first-order chi connectivity index (χ1) is 9.15. The van der Waals surface area contributed by atoms with Gasteiger partial charge in [-0.25, -0.2) is 4.98 Å². The van der Waals surface area contributed by atoms with Crippen LogP contribution in [-0.2, 0) is 0 Å². The van der Waals surface area contributed by atoms with Crippen molar-refractivity contribution in [3.8, 4) is 0 Å². The standard InChI is InChI=1S/C14H18ClN3O/c15-13-11(5-10(16)6-17-13)14(19)18-7-12(8-1-2-8)9-3-4-9/h5-6,8-9,12H,1-4,7,16H2,(H,18,19). The summed E-state index contributed by atoms with van der Waals surface area (Å²) in [4.78, 5) is 16.0. The second-order valence-electron chi connectivity index (χ2n) is 5.66. The van der Waals surface area contributed by atoms with Gasteiger partial charge in [-0.05, 0) is 49.5 Å². The average molecular weight is 280 g/mol. The summed E-state index contributed by atoms with van der Waals surface area (Å²) in [5, 5.41) is 3.20. The Labute approximate surface area is 117 Å². The molecule has 1 heterocycles. The highest BCUT2D eigenvalue weighted by atomic mass is 35.5. The molecule has 2 saturated carbocycles. The van der Waals surface area contributed by atoms with Gasteiger partial charge in [-0.1, -0.05) is 11.6 Å². The molecule has 0 radical (unpaired) electrons. The number of nitrogens with two attached hydrogens (primary N) is 1. The van der Waals surface area contributed by atoms with E-state index in [0.717, 1.165) is 18.4 Å². The number of halogens is 1. The fourth-order valence-corrected chi connectivity index (χ4v) is 2.89. The fourth-order valence-electron chi connectivity index (χ4n) is 2.70. The number of nitrogens with one attached hydrogen (secondary N) is 1. The third-order valence-corrected chi connectivity index (χ3v) is 4.36. The summed E-state index contributed by atoms with van der Waals surface area (Å²) in [5.74, 6) is 2.12. The first kappa shape index (κ1) is 12.7.